The van der Waals surface area contributed by atoms with Crippen molar-refractivity contribution < 1.29 is 13.9 Å². The highest BCUT2D eigenvalue weighted by molar-refractivity contribution is 9.10. The maximum atomic E-state index is 14.3. The van der Waals surface area contributed by atoms with Gasteiger partial charge < -0.3 is 19.5 Å². The Kier molecular flexibility index (Phi) is 5.20. The number of H-pyrrole nitrogens is 1. The van der Waals surface area contributed by atoms with E-state index in [2.05, 4.69) is 25.9 Å². The number of halogens is 2. The summed E-state index contributed by atoms with van der Waals surface area (Å²) in [4.78, 5) is 35.1. The molecule has 0 aliphatic carbocycles. The summed E-state index contributed by atoms with van der Waals surface area (Å²) in [5.74, 6) is -0.977. The van der Waals surface area contributed by atoms with Crippen LogP contribution >= 0.6 is 15.9 Å². The predicted octanol–water partition coefficient (Wildman–Crippen LogP) is 2.03. The Hall–Kier alpha value is -2.26. The quantitative estimate of drug-likeness (QED) is 0.773. The van der Waals surface area contributed by atoms with Crippen LogP contribution in [0.1, 0.15) is 18.3 Å². The van der Waals surface area contributed by atoms with Crippen molar-refractivity contribution in [2.24, 2.45) is 0 Å². The summed E-state index contributed by atoms with van der Waals surface area (Å²) in [5.41, 5.74) is 1.07. The van der Waals surface area contributed by atoms with E-state index in [4.69, 9.17) is 4.74 Å². The van der Waals surface area contributed by atoms with Gasteiger partial charge in [0.15, 0.2) is 5.82 Å². The summed E-state index contributed by atoms with van der Waals surface area (Å²) in [7, 11) is 0. The molecule has 1 aromatic heterocycles. The molecule has 0 radical (unpaired) electrons. The van der Waals surface area contributed by atoms with Gasteiger partial charge in [-0.1, -0.05) is 22.0 Å². The second-order valence-corrected chi connectivity index (χ2v) is 7.84. The van der Waals surface area contributed by atoms with Gasteiger partial charge in [-0.15, -0.1) is 0 Å². The number of anilines is 2. The topological polar surface area (TPSA) is 78.5 Å². The number of ether oxygens (including phenoxy) is 1. The number of aromatic amines is 1. The van der Waals surface area contributed by atoms with Gasteiger partial charge in [0.1, 0.15) is 5.82 Å². The Bertz CT molecular complexity index is 974. The van der Waals surface area contributed by atoms with Gasteiger partial charge >= 0.3 is 0 Å². The van der Waals surface area contributed by atoms with Crippen LogP contribution in [0.15, 0.2) is 27.5 Å². The van der Waals surface area contributed by atoms with Crippen LogP contribution in [0.25, 0.3) is 0 Å². The Morgan fingerprint density at radius 1 is 1.39 bits per heavy atom. The van der Waals surface area contributed by atoms with Gasteiger partial charge in [0.25, 0.3) is 5.56 Å². The monoisotopic (exact) mass is 450 g/mol. The van der Waals surface area contributed by atoms with Gasteiger partial charge in [0, 0.05) is 29.3 Å². The molecule has 9 heteroatoms. The number of benzene rings is 1. The maximum Gasteiger partial charge on any atom is 0.289 e. The van der Waals surface area contributed by atoms with E-state index in [1.165, 1.54) is 0 Å². The molecule has 1 N–H and O–H groups in total. The minimum absolute atomic E-state index is 0.00733. The second-order valence-electron chi connectivity index (χ2n) is 6.98. The summed E-state index contributed by atoms with van der Waals surface area (Å²) in [6.07, 6.45) is 0.637. The van der Waals surface area contributed by atoms with Crippen LogP contribution in [0.3, 0.4) is 0 Å². The van der Waals surface area contributed by atoms with Crippen molar-refractivity contribution in [1.29, 1.82) is 0 Å². The predicted molar refractivity (Wildman–Crippen MR) is 106 cm³/mol. The van der Waals surface area contributed by atoms with E-state index in [9.17, 15) is 14.0 Å². The number of aromatic nitrogens is 2. The third-order valence-corrected chi connectivity index (χ3v) is 5.83. The first-order valence-electron chi connectivity index (χ1n) is 9.16. The highest BCUT2D eigenvalue weighted by Crippen LogP contribution is 2.37. The summed E-state index contributed by atoms with van der Waals surface area (Å²) in [5, 5.41) is 0. The van der Waals surface area contributed by atoms with E-state index in [0.717, 1.165) is 22.1 Å². The SMILES string of the molecule is CC1Cc2c(Br)cccc2N1C(=O)Cc1nc(N2CCOCC2)c(F)c(=O)[nH]1. The van der Waals surface area contributed by atoms with E-state index in [1.807, 2.05) is 25.1 Å². The fourth-order valence-corrected chi connectivity index (χ4v) is 4.29. The third-order valence-electron chi connectivity index (χ3n) is 5.09. The standard InChI is InChI=1S/C19H20BrFN4O3/c1-11-9-12-13(20)3-2-4-14(12)25(11)16(26)10-15-22-18(17(21)19(27)23-15)24-5-7-28-8-6-24/h2-4,11H,5-10H2,1H3,(H,22,23,27). The van der Waals surface area contributed by atoms with Crippen LogP contribution < -0.4 is 15.4 Å². The first kappa shape index (κ1) is 19.1. The second kappa shape index (κ2) is 7.63. The molecule has 1 unspecified atom stereocenters. The number of hydrogen-bond donors (Lipinski definition) is 1. The van der Waals surface area contributed by atoms with Gasteiger partial charge in [-0.3, -0.25) is 9.59 Å². The zero-order valence-corrected chi connectivity index (χ0v) is 17.0. The maximum absolute atomic E-state index is 14.3. The Labute approximate surface area is 169 Å². The van der Waals surface area contributed by atoms with E-state index in [-0.39, 0.29) is 30.0 Å². The average Bonchev–Trinajstić information content (AvgIpc) is 3.02. The van der Waals surface area contributed by atoms with Crippen LogP contribution in [-0.2, 0) is 22.4 Å². The molecule has 2 aromatic rings. The van der Waals surface area contributed by atoms with Crippen LogP contribution in [0.4, 0.5) is 15.9 Å². The van der Waals surface area contributed by atoms with E-state index < -0.39 is 11.4 Å². The first-order valence-corrected chi connectivity index (χ1v) is 9.96. The molecule has 2 aliphatic rings. The molecule has 7 nitrogen and oxygen atoms in total. The smallest absolute Gasteiger partial charge is 0.289 e. The average molecular weight is 451 g/mol. The van der Waals surface area contributed by atoms with Gasteiger partial charge in [-0.2, -0.15) is 4.39 Å². The normalized spacial score (nSPS) is 19.0. The minimum atomic E-state index is -0.929. The molecule has 4 rings (SSSR count). The molecule has 2 aliphatic heterocycles. The molecule has 1 amide bonds. The van der Waals surface area contributed by atoms with Crippen molar-refractivity contribution in [3.8, 4) is 0 Å². The van der Waals surface area contributed by atoms with E-state index in [0.29, 0.717) is 26.3 Å². The van der Waals surface area contributed by atoms with Crippen LogP contribution in [0.2, 0.25) is 0 Å². The summed E-state index contributed by atoms with van der Waals surface area (Å²) >= 11 is 3.53. The Morgan fingerprint density at radius 2 is 2.14 bits per heavy atom. The molecule has 0 bridgehead atoms. The van der Waals surface area contributed by atoms with E-state index >= 15 is 0 Å². The van der Waals surface area contributed by atoms with Crippen molar-refractivity contribution in [3.63, 3.8) is 0 Å². The molecule has 28 heavy (non-hydrogen) atoms. The highest BCUT2D eigenvalue weighted by Gasteiger charge is 2.32. The van der Waals surface area contributed by atoms with Gasteiger partial charge in [0.05, 0.1) is 19.6 Å². The number of rotatable bonds is 3. The molecule has 1 saturated heterocycles. The molecule has 1 fully saturated rings. The highest BCUT2D eigenvalue weighted by atomic mass is 79.9. The van der Waals surface area contributed by atoms with Crippen molar-refractivity contribution >= 4 is 33.3 Å². The Morgan fingerprint density at radius 3 is 2.89 bits per heavy atom. The fraction of sp³-hybridized carbons (Fsp3) is 0.421. The lowest BCUT2D eigenvalue weighted by molar-refractivity contribution is -0.118. The lowest BCUT2D eigenvalue weighted by atomic mass is 10.1. The number of nitrogens with zero attached hydrogens (tertiary/aromatic N) is 3. The molecule has 0 saturated carbocycles. The van der Waals surface area contributed by atoms with Gasteiger partial charge in [-0.05, 0) is 31.0 Å². The summed E-state index contributed by atoms with van der Waals surface area (Å²) in [6.45, 7) is 3.76. The number of morpholine rings is 1. The van der Waals surface area contributed by atoms with Crippen LogP contribution in [0, 0.1) is 5.82 Å². The molecule has 1 atom stereocenters. The van der Waals surface area contributed by atoms with Crippen molar-refractivity contribution in [2.45, 2.75) is 25.8 Å². The van der Waals surface area contributed by atoms with Crippen molar-refractivity contribution in [2.75, 3.05) is 36.1 Å². The number of hydrogen-bond acceptors (Lipinski definition) is 5. The lowest BCUT2D eigenvalue weighted by Gasteiger charge is -2.28. The van der Waals surface area contributed by atoms with Crippen molar-refractivity contribution in [1.82, 2.24) is 9.97 Å². The van der Waals surface area contributed by atoms with Gasteiger partial charge in [0.2, 0.25) is 11.7 Å². The van der Waals surface area contributed by atoms with Crippen LogP contribution in [0.5, 0.6) is 0 Å². The van der Waals surface area contributed by atoms with E-state index in [1.54, 1.807) is 9.80 Å². The van der Waals surface area contributed by atoms with Gasteiger partial charge in [-0.25, -0.2) is 4.98 Å². The molecule has 148 valence electrons. The number of fused-ring (bicyclic) bond motifs is 1. The van der Waals surface area contributed by atoms with Crippen molar-refractivity contribution in [3.05, 3.63) is 50.2 Å². The molecular weight excluding hydrogens is 431 g/mol. The first-order chi connectivity index (χ1) is 13.5. The fourth-order valence-electron chi connectivity index (χ4n) is 3.77. The molecule has 0 spiro atoms. The number of carbonyl (C=O) groups excluding carboxylic acids is 1. The molecule has 3 heterocycles. The zero-order chi connectivity index (χ0) is 19.8. The molecule has 1 aromatic carbocycles. The summed E-state index contributed by atoms with van der Waals surface area (Å²) in [6, 6.07) is 5.73. The Balaban J connectivity index is 1.61. The van der Waals surface area contributed by atoms with Crippen LogP contribution in [-0.4, -0.2) is 48.2 Å². The molecular formula is C19H20BrFN4O3. The zero-order valence-electron chi connectivity index (χ0n) is 15.4. The number of amides is 1. The third kappa shape index (κ3) is 3.44. The lowest BCUT2D eigenvalue weighted by Crippen LogP contribution is -2.40. The number of carbonyl (C=O) groups is 1. The summed E-state index contributed by atoms with van der Waals surface area (Å²) < 4.78 is 20.6. The largest absolute Gasteiger partial charge is 0.378 e. The number of nitrogens with one attached hydrogen (secondary N) is 1. The minimum Gasteiger partial charge on any atom is -0.378 e.